The summed E-state index contributed by atoms with van der Waals surface area (Å²) in [7, 11) is 4.02. The number of benzene rings is 1. The summed E-state index contributed by atoms with van der Waals surface area (Å²) in [5.41, 5.74) is 19.5. The summed E-state index contributed by atoms with van der Waals surface area (Å²) in [4.78, 5) is 10.0. The first kappa shape index (κ1) is 21.9. The minimum atomic E-state index is 0.244. The van der Waals surface area contributed by atoms with Crippen molar-refractivity contribution in [1.82, 2.24) is 24.3 Å². The molecule has 4 aromatic rings. The molecule has 0 radical (unpaired) electrons. The van der Waals surface area contributed by atoms with E-state index >= 15 is 0 Å². The highest BCUT2D eigenvalue weighted by Crippen LogP contribution is 2.47. The second-order valence-electron chi connectivity index (χ2n) is 8.60. The predicted octanol–water partition coefficient (Wildman–Crippen LogP) is 5.23. The van der Waals surface area contributed by atoms with Crippen LogP contribution in [0, 0.1) is 0 Å². The van der Waals surface area contributed by atoms with Crippen LogP contribution in [0.15, 0.2) is 30.5 Å². The van der Waals surface area contributed by atoms with Gasteiger partial charge < -0.3 is 16.0 Å². The zero-order valence-corrected chi connectivity index (χ0v) is 19.8. The van der Waals surface area contributed by atoms with E-state index in [-0.39, 0.29) is 5.92 Å². The molecule has 1 aliphatic carbocycles. The van der Waals surface area contributed by atoms with Gasteiger partial charge in [0.05, 0.1) is 22.8 Å². The van der Waals surface area contributed by atoms with Gasteiger partial charge in [-0.2, -0.15) is 5.10 Å². The minimum Gasteiger partial charge on any atom is -0.397 e. The van der Waals surface area contributed by atoms with Crippen molar-refractivity contribution < 1.29 is 0 Å². The third kappa shape index (κ3) is 3.61. The fourth-order valence-corrected chi connectivity index (χ4v) is 4.27. The number of aromatic nitrogens is 5. The van der Waals surface area contributed by atoms with Crippen LogP contribution in [0.1, 0.15) is 63.8 Å². The molecule has 0 amide bonds. The van der Waals surface area contributed by atoms with Gasteiger partial charge in [-0.05, 0) is 30.9 Å². The van der Waals surface area contributed by atoms with E-state index in [9.17, 15) is 0 Å². The van der Waals surface area contributed by atoms with Crippen LogP contribution in [0.25, 0.3) is 33.7 Å². The Labute approximate surface area is 189 Å². The first-order valence-electron chi connectivity index (χ1n) is 11.4. The van der Waals surface area contributed by atoms with E-state index in [2.05, 4.69) is 36.6 Å². The molecule has 1 fully saturated rings. The number of anilines is 2. The van der Waals surface area contributed by atoms with E-state index in [0.717, 1.165) is 39.4 Å². The third-order valence-electron chi connectivity index (χ3n) is 5.92. The van der Waals surface area contributed by atoms with Gasteiger partial charge in [-0.25, -0.2) is 9.97 Å². The van der Waals surface area contributed by atoms with Gasteiger partial charge >= 0.3 is 0 Å². The van der Waals surface area contributed by atoms with E-state index in [0.29, 0.717) is 17.3 Å². The third-order valence-corrected chi connectivity index (χ3v) is 5.92. The van der Waals surface area contributed by atoms with Crippen LogP contribution in [0.5, 0.6) is 0 Å². The van der Waals surface area contributed by atoms with Gasteiger partial charge in [0.1, 0.15) is 5.82 Å². The Bertz CT molecular complexity index is 1280. The molecule has 1 aliphatic rings. The van der Waals surface area contributed by atoms with Crippen LogP contribution >= 0.6 is 0 Å². The lowest BCUT2D eigenvalue weighted by Gasteiger charge is -2.12. The molecule has 7 heteroatoms. The summed E-state index contributed by atoms with van der Waals surface area (Å²) in [6.45, 7) is 8.31. The highest BCUT2D eigenvalue weighted by atomic mass is 15.3. The lowest BCUT2D eigenvalue weighted by Crippen LogP contribution is -2.03. The molecule has 0 bridgehead atoms. The van der Waals surface area contributed by atoms with Crippen molar-refractivity contribution in [2.24, 2.45) is 14.1 Å². The van der Waals surface area contributed by atoms with Crippen molar-refractivity contribution in [2.75, 3.05) is 11.5 Å². The zero-order valence-electron chi connectivity index (χ0n) is 19.8. The molecular formula is C25H33N7. The smallest absolute Gasteiger partial charge is 0.181 e. The lowest BCUT2D eigenvalue weighted by atomic mass is 10.0. The minimum absolute atomic E-state index is 0.244. The fourth-order valence-electron chi connectivity index (χ4n) is 4.27. The number of imidazole rings is 1. The number of rotatable bonds is 4. The highest BCUT2D eigenvalue weighted by molar-refractivity contribution is 5.86. The van der Waals surface area contributed by atoms with Crippen molar-refractivity contribution in [3.8, 4) is 22.6 Å². The van der Waals surface area contributed by atoms with Crippen molar-refractivity contribution in [2.45, 2.75) is 52.4 Å². The van der Waals surface area contributed by atoms with Gasteiger partial charge in [0, 0.05) is 48.4 Å². The van der Waals surface area contributed by atoms with E-state index in [1.54, 1.807) is 4.68 Å². The zero-order chi connectivity index (χ0) is 23.2. The topological polar surface area (TPSA) is 101 Å². The first-order chi connectivity index (χ1) is 15.3. The van der Waals surface area contributed by atoms with E-state index < -0.39 is 0 Å². The molecule has 0 spiro atoms. The monoisotopic (exact) mass is 431 g/mol. The van der Waals surface area contributed by atoms with Gasteiger partial charge in [-0.1, -0.05) is 39.8 Å². The van der Waals surface area contributed by atoms with Crippen LogP contribution in [-0.4, -0.2) is 24.3 Å². The molecule has 3 aromatic heterocycles. The summed E-state index contributed by atoms with van der Waals surface area (Å²) >= 11 is 0. The number of aryl methyl sites for hydroxylation is 1. The summed E-state index contributed by atoms with van der Waals surface area (Å²) < 4.78 is 4.03. The van der Waals surface area contributed by atoms with Crippen molar-refractivity contribution in [3.63, 3.8) is 0 Å². The maximum atomic E-state index is 6.36. The molecule has 0 saturated heterocycles. The van der Waals surface area contributed by atoms with E-state index in [1.807, 2.05) is 45.3 Å². The van der Waals surface area contributed by atoms with Crippen molar-refractivity contribution in [1.29, 1.82) is 0 Å². The summed E-state index contributed by atoms with van der Waals surface area (Å²) in [5, 5.41) is 5.50. The van der Waals surface area contributed by atoms with Gasteiger partial charge in [0.15, 0.2) is 5.65 Å². The molecule has 168 valence electrons. The Hall–Kier alpha value is -3.35. The molecule has 0 atom stereocenters. The van der Waals surface area contributed by atoms with E-state index in [4.69, 9.17) is 21.4 Å². The first-order valence-corrected chi connectivity index (χ1v) is 11.4. The second kappa shape index (κ2) is 8.30. The summed E-state index contributed by atoms with van der Waals surface area (Å²) in [6, 6.07) is 7.94. The SMILES string of the molecule is CC.CC(C)c1nc2nn(C)cc2cc1-c1nc(-c2cccc(N)c2N)c(C2CC2)n1C. The highest BCUT2D eigenvalue weighted by Gasteiger charge is 2.33. The summed E-state index contributed by atoms with van der Waals surface area (Å²) in [6.07, 6.45) is 4.34. The fraction of sp³-hybridized carbons (Fsp3) is 0.400. The number of fused-ring (bicyclic) bond motifs is 1. The molecular weight excluding hydrogens is 398 g/mol. The molecule has 1 aromatic carbocycles. The quantitative estimate of drug-likeness (QED) is 0.431. The molecule has 0 aliphatic heterocycles. The number of hydrogen-bond acceptors (Lipinski definition) is 5. The van der Waals surface area contributed by atoms with Crippen LogP contribution in [-0.2, 0) is 14.1 Å². The standard InChI is InChI=1S/C23H27N7.C2H6/c1-12(2)19-16(10-14-11-29(3)28-22(14)26-19)23-27-20(21(30(23)4)13-8-9-13)15-6-5-7-17(24)18(15)25;1-2/h5-7,10-13H,8-9,24-25H2,1-4H3;1-2H3. The molecule has 3 heterocycles. The molecule has 32 heavy (non-hydrogen) atoms. The number of hydrogen-bond donors (Lipinski definition) is 2. The summed E-state index contributed by atoms with van der Waals surface area (Å²) in [5.74, 6) is 1.66. The predicted molar refractivity (Wildman–Crippen MR) is 132 cm³/mol. The molecule has 7 nitrogen and oxygen atoms in total. The van der Waals surface area contributed by atoms with Crippen LogP contribution < -0.4 is 11.5 Å². The van der Waals surface area contributed by atoms with Gasteiger partial charge in [0.2, 0.25) is 0 Å². The maximum absolute atomic E-state index is 6.36. The Kier molecular flexibility index (Phi) is 5.67. The lowest BCUT2D eigenvalue weighted by molar-refractivity contribution is 0.769. The van der Waals surface area contributed by atoms with Crippen molar-refractivity contribution >= 4 is 22.4 Å². The number of pyridine rings is 1. The molecule has 0 unspecified atom stereocenters. The molecule has 1 saturated carbocycles. The largest absolute Gasteiger partial charge is 0.397 e. The number of nitrogens with zero attached hydrogens (tertiary/aromatic N) is 5. The Balaban J connectivity index is 0.00000119. The number of nitrogens with two attached hydrogens (primary N) is 2. The van der Waals surface area contributed by atoms with Gasteiger partial charge in [-0.3, -0.25) is 4.68 Å². The van der Waals surface area contributed by atoms with Gasteiger partial charge in [0.25, 0.3) is 0 Å². The Morgan fingerprint density at radius 3 is 2.41 bits per heavy atom. The number of nitrogen functional groups attached to an aromatic ring is 2. The van der Waals surface area contributed by atoms with E-state index in [1.165, 1.54) is 18.5 Å². The van der Waals surface area contributed by atoms with Crippen LogP contribution in [0.4, 0.5) is 11.4 Å². The average Bonchev–Trinajstić information content (AvgIpc) is 3.45. The Morgan fingerprint density at radius 1 is 1.03 bits per heavy atom. The van der Waals surface area contributed by atoms with Gasteiger partial charge in [-0.15, -0.1) is 0 Å². The van der Waals surface area contributed by atoms with Crippen LogP contribution in [0.2, 0.25) is 0 Å². The second-order valence-corrected chi connectivity index (χ2v) is 8.60. The molecule has 5 rings (SSSR count). The Morgan fingerprint density at radius 2 is 1.75 bits per heavy atom. The normalized spacial score (nSPS) is 13.5. The average molecular weight is 432 g/mol. The van der Waals surface area contributed by atoms with Crippen LogP contribution in [0.3, 0.4) is 0 Å². The molecule has 4 N–H and O–H groups in total. The van der Waals surface area contributed by atoms with Crippen molar-refractivity contribution in [3.05, 3.63) is 41.9 Å². The number of para-hydroxylation sites is 1. The maximum Gasteiger partial charge on any atom is 0.181 e.